The Morgan fingerprint density at radius 2 is 1.86 bits per heavy atom. The first-order valence-corrected chi connectivity index (χ1v) is 11.4. The standard InChI is InChI=1S/C27H21F2N3O3/c28-19-1-3-20(4-2-19)32-23-11-17-13-30-12-16(17)9-21(23)24(26(32)15-5-7-35-8-6-15)18-10-22(29)25(27(33)34)31-14-18/h1-4,9-11,13-15H,5-8,12H2,(H,33,34). The summed E-state index contributed by atoms with van der Waals surface area (Å²) < 4.78 is 36.4. The third kappa shape index (κ3) is 3.61. The fourth-order valence-corrected chi connectivity index (χ4v) is 5.17. The molecule has 1 saturated heterocycles. The molecule has 0 unspecified atom stereocenters. The predicted octanol–water partition coefficient (Wildman–Crippen LogP) is 5.50. The Balaban J connectivity index is 1.70. The average molecular weight is 473 g/mol. The third-order valence-electron chi connectivity index (χ3n) is 6.78. The van der Waals surface area contributed by atoms with E-state index in [1.165, 1.54) is 24.4 Å². The molecular formula is C27H21F2N3O3. The van der Waals surface area contributed by atoms with Gasteiger partial charge in [-0.2, -0.15) is 0 Å². The van der Waals surface area contributed by atoms with Gasteiger partial charge in [-0.05, 0) is 66.4 Å². The Bertz CT molecular complexity index is 1500. The minimum absolute atomic E-state index is 0.0990. The van der Waals surface area contributed by atoms with E-state index < -0.39 is 17.5 Å². The van der Waals surface area contributed by atoms with Crippen molar-refractivity contribution in [2.75, 3.05) is 13.2 Å². The second-order valence-corrected chi connectivity index (χ2v) is 8.86. The summed E-state index contributed by atoms with van der Waals surface area (Å²) in [6.45, 7) is 1.76. The molecule has 0 amide bonds. The second kappa shape index (κ2) is 8.39. The van der Waals surface area contributed by atoms with Crippen molar-refractivity contribution in [3.63, 3.8) is 0 Å². The molecule has 0 radical (unpaired) electrons. The Kier molecular flexibility index (Phi) is 5.18. The van der Waals surface area contributed by atoms with Crippen LogP contribution < -0.4 is 0 Å². The van der Waals surface area contributed by atoms with Crippen molar-refractivity contribution in [2.45, 2.75) is 25.3 Å². The Morgan fingerprint density at radius 3 is 2.57 bits per heavy atom. The van der Waals surface area contributed by atoms with Gasteiger partial charge in [0.2, 0.25) is 0 Å². The molecule has 0 aliphatic carbocycles. The summed E-state index contributed by atoms with van der Waals surface area (Å²) in [6.07, 6.45) is 4.81. The number of rotatable bonds is 4. The zero-order valence-corrected chi connectivity index (χ0v) is 18.7. The van der Waals surface area contributed by atoms with Crippen molar-refractivity contribution in [2.24, 2.45) is 4.99 Å². The van der Waals surface area contributed by atoms with E-state index in [1.807, 2.05) is 6.21 Å². The fraction of sp³-hybridized carbons (Fsp3) is 0.222. The number of aromatic carboxylic acids is 1. The van der Waals surface area contributed by atoms with Crippen LogP contribution in [0, 0.1) is 11.6 Å². The molecular weight excluding hydrogens is 452 g/mol. The van der Waals surface area contributed by atoms with Crippen molar-refractivity contribution in [1.29, 1.82) is 0 Å². The van der Waals surface area contributed by atoms with Crippen molar-refractivity contribution in [1.82, 2.24) is 9.55 Å². The van der Waals surface area contributed by atoms with Crippen molar-refractivity contribution in [3.8, 4) is 16.8 Å². The van der Waals surface area contributed by atoms with Crippen LogP contribution in [0.4, 0.5) is 8.78 Å². The number of benzene rings is 2. The van der Waals surface area contributed by atoms with Gasteiger partial charge in [0.15, 0.2) is 11.5 Å². The van der Waals surface area contributed by atoms with Gasteiger partial charge in [0.25, 0.3) is 0 Å². The summed E-state index contributed by atoms with van der Waals surface area (Å²) >= 11 is 0. The molecule has 0 spiro atoms. The van der Waals surface area contributed by atoms with E-state index in [4.69, 9.17) is 4.74 Å². The fourth-order valence-electron chi connectivity index (χ4n) is 5.17. The largest absolute Gasteiger partial charge is 0.476 e. The molecule has 2 aliphatic rings. The van der Waals surface area contributed by atoms with E-state index in [0.29, 0.717) is 25.3 Å². The molecule has 6 rings (SSSR count). The van der Waals surface area contributed by atoms with Crippen LogP contribution in [-0.2, 0) is 11.3 Å². The summed E-state index contributed by atoms with van der Waals surface area (Å²) in [5.74, 6) is -2.54. The lowest BCUT2D eigenvalue weighted by atomic mass is 9.90. The number of nitrogens with zero attached hydrogens (tertiary/aromatic N) is 3. The van der Waals surface area contributed by atoms with Crippen LogP contribution in [0.2, 0.25) is 0 Å². The maximum absolute atomic E-state index is 14.8. The zero-order chi connectivity index (χ0) is 24.1. The quantitative estimate of drug-likeness (QED) is 0.425. The van der Waals surface area contributed by atoms with E-state index >= 15 is 0 Å². The Morgan fingerprint density at radius 1 is 1.09 bits per heavy atom. The molecule has 35 heavy (non-hydrogen) atoms. The van der Waals surface area contributed by atoms with Crippen LogP contribution in [0.15, 0.2) is 53.7 Å². The van der Waals surface area contributed by atoms with Gasteiger partial charge in [0.1, 0.15) is 5.82 Å². The molecule has 4 heterocycles. The van der Waals surface area contributed by atoms with Crippen LogP contribution in [-0.4, -0.2) is 40.1 Å². The lowest BCUT2D eigenvalue weighted by molar-refractivity contribution is 0.0685. The number of carboxylic acid groups (broad SMARTS) is 1. The number of fused-ring (bicyclic) bond motifs is 2. The predicted molar refractivity (Wildman–Crippen MR) is 127 cm³/mol. The zero-order valence-electron chi connectivity index (χ0n) is 18.7. The number of carbonyl (C=O) groups is 1. The van der Waals surface area contributed by atoms with Gasteiger partial charge in [-0.1, -0.05) is 0 Å². The number of hydrogen-bond acceptors (Lipinski definition) is 4. The third-order valence-corrected chi connectivity index (χ3v) is 6.78. The summed E-state index contributed by atoms with van der Waals surface area (Å²) in [5, 5.41) is 10.2. The Labute approximate surface area is 199 Å². The first kappa shape index (κ1) is 21.6. The number of halogens is 2. The first-order valence-electron chi connectivity index (χ1n) is 11.4. The normalized spacial score (nSPS) is 15.6. The van der Waals surface area contributed by atoms with Crippen LogP contribution in [0.25, 0.3) is 27.7 Å². The molecule has 2 aliphatic heterocycles. The SMILES string of the molecule is O=C(O)c1ncc(-c2c(C3CCOCC3)n(-c3ccc(F)cc3)c3cc4c(cc23)CN=C4)cc1F. The molecule has 176 valence electrons. The lowest BCUT2D eigenvalue weighted by Gasteiger charge is -2.25. The minimum atomic E-state index is -1.41. The minimum Gasteiger partial charge on any atom is -0.476 e. The van der Waals surface area contributed by atoms with Gasteiger partial charge in [0.05, 0.1) is 12.1 Å². The highest BCUT2D eigenvalue weighted by atomic mass is 19.1. The molecule has 1 N–H and O–H groups in total. The van der Waals surface area contributed by atoms with Crippen LogP contribution in [0.1, 0.15) is 46.1 Å². The highest BCUT2D eigenvalue weighted by Gasteiger charge is 2.29. The van der Waals surface area contributed by atoms with E-state index in [1.54, 1.807) is 12.1 Å². The van der Waals surface area contributed by atoms with Gasteiger partial charge in [-0.3, -0.25) is 4.99 Å². The monoisotopic (exact) mass is 473 g/mol. The smallest absolute Gasteiger partial charge is 0.357 e. The van der Waals surface area contributed by atoms with E-state index in [2.05, 4.69) is 26.7 Å². The second-order valence-electron chi connectivity index (χ2n) is 8.86. The molecule has 0 bridgehead atoms. The van der Waals surface area contributed by atoms with Crippen LogP contribution in [0.5, 0.6) is 0 Å². The Hall–Kier alpha value is -3.91. The lowest BCUT2D eigenvalue weighted by Crippen LogP contribution is -2.17. The number of hydrogen-bond donors (Lipinski definition) is 1. The molecule has 2 aromatic carbocycles. The van der Waals surface area contributed by atoms with E-state index in [0.717, 1.165) is 51.8 Å². The van der Waals surface area contributed by atoms with Gasteiger partial charge in [-0.25, -0.2) is 18.6 Å². The summed E-state index contributed by atoms with van der Waals surface area (Å²) in [6, 6.07) is 11.7. The molecule has 2 aromatic heterocycles. The van der Waals surface area contributed by atoms with E-state index in [-0.39, 0.29) is 11.7 Å². The summed E-state index contributed by atoms with van der Waals surface area (Å²) in [5.41, 5.74) is 5.39. The number of carboxylic acids is 1. The number of aromatic nitrogens is 2. The highest BCUT2D eigenvalue weighted by Crippen LogP contribution is 2.44. The van der Waals surface area contributed by atoms with Crippen molar-refractivity contribution >= 4 is 23.1 Å². The van der Waals surface area contributed by atoms with Crippen LogP contribution in [0.3, 0.4) is 0 Å². The van der Waals surface area contributed by atoms with Crippen molar-refractivity contribution in [3.05, 3.63) is 82.8 Å². The number of pyridine rings is 1. The molecule has 0 atom stereocenters. The highest BCUT2D eigenvalue weighted by molar-refractivity contribution is 6.03. The molecule has 6 nitrogen and oxygen atoms in total. The topological polar surface area (TPSA) is 76.7 Å². The first-order chi connectivity index (χ1) is 17.0. The van der Waals surface area contributed by atoms with E-state index in [9.17, 15) is 18.7 Å². The molecule has 1 fully saturated rings. The van der Waals surface area contributed by atoms with Gasteiger partial charge in [-0.15, -0.1) is 0 Å². The van der Waals surface area contributed by atoms with Gasteiger partial charge in [0, 0.05) is 59.4 Å². The molecule has 8 heteroatoms. The molecule has 0 saturated carbocycles. The average Bonchev–Trinajstić information content (AvgIpc) is 3.45. The van der Waals surface area contributed by atoms with Crippen LogP contribution >= 0.6 is 0 Å². The number of aliphatic imine (C=N–C) groups is 1. The maximum atomic E-state index is 14.8. The molecule has 4 aromatic rings. The van der Waals surface area contributed by atoms with Crippen molar-refractivity contribution < 1.29 is 23.4 Å². The summed E-state index contributed by atoms with van der Waals surface area (Å²) in [4.78, 5) is 19.7. The summed E-state index contributed by atoms with van der Waals surface area (Å²) in [7, 11) is 0. The van der Waals surface area contributed by atoms with Gasteiger partial charge < -0.3 is 14.4 Å². The number of ether oxygens (including phenoxy) is 1. The van der Waals surface area contributed by atoms with Gasteiger partial charge >= 0.3 is 5.97 Å². The maximum Gasteiger partial charge on any atom is 0.357 e.